The second-order valence-electron chi connectivity index (χ2n) is 4.61. The summed E-state index contributed by atoms with van der Waals surface area (Å²) >= 11 is 8.15. The Labute approximate surface area is 131 Å². The lowest BCUT2D eigenvalue weighted by molar-refractivity contribution is 0.561. The van der Waals surface area contributed by atoms with Crippen LogP contribution in [0.4, 0.5) is 0 Å². The highest BCUT2D eigenvalue weighted by Crippen LogP contribution is 2.24. The SMILES string of the molecule is CC(CS(C)(=O)=O)n1c(CCl)nc2cc(I)ccc21. The van der Waals surface area contributed by atoms with Crippen LogP contribution in [-0.4, -0.2) is 30.0 Å². The largest absolute Gasteiger partial charge is 0.323 e. The fourth-order valence-electron chi connectivity index (χ4n) is 2.22. The smallest absolute Gasteiger partial charge is 0.149 e. The van der Waals surface area contributed by atoms with Crippen molar-refractivity contribution in [1.29, 1.82) is 0 Å². The predicted molar refractivity (Wildman–Crippen MR) is 86.4 cm³/mol. The van der Waals surface area contributed by atoms with E-state index in [0.717, 1.165) is 14.6 Å². The van der Waals surface area contributed by atoms with Crippen LogP contribution in [0.2, 0.25) is 0 Å². The summed E-state index contributed by atoms with van der Waals surface area (Å²) in [5, 5.41) is 0. The molecule has 0 N–H and O–H groups in total. The van der Waals surface area contributed by atoms with Crippen molar-refractivity contribution in [2.45, 2.75) is 18.8 Å². The molecule has 0 radical (unpaired) electrons. The van der Waals surface area contributed by atoms with Gasteiger partial charge in [-0.2, -0.15) is 0 Å². The van der Waals surface area contributed by atoms with Crippen LogP contribution >= 0.6 is 34.2 Å². The van der Waals surface area contributed by atoms with E-state index in [2.05, 4.69) is 27.6 Å². The lowest BCUT2D eigenvalue weighted by Gasteiger charge is -2.16. The average molecular weight is 413 g/mol. The summed E-state index contributed by atoms with van der Waals surface area (Å²) in [5.74, 6) is 1.04. The fourth-order valence-corrected chi connectivity index (χ4v) is 3.91. The van der Waals surface area contributed by atoms with Gasteiger partial charge >= 0.3 is 0 Å². The first-order valence-electron chi connectivity index (χ1n) is 5.72. The van der Waals surface area contributed by atoms with Crippen molar-refractivity contribution in [3.63, 3.8) is 0 Å². The molecule has 0 bridgehead atoms. The van der Waals surface area contributed by atoms with Gasteiger partial charge < -0.3 is 4.57 Å². The number of aromatic nitrogens is 2. The maximum Gasteiger partial charge on any atom is 0.149 e. The van der Waals surface area contributed by atoms with Crippen molar-refractivity contribution in [1.82, 2.24) is 9.55 Å². The Kier molecular flexibility index (Phi) is 4.42. The van der Waals surface area contributed by atoms with Gasteiger partial charge in [-0.25, -0.2) is 13.4 Å². The number of rotatable bonds is 4. The predicted octanol–water partition coefficient (Wildman–Crippen LogP) is 2.99. The minimum Gasteiger partial charge on any atom is -0.323 e. The molecular weight excluding hydrogens is 399 g/mol. The molecule has 0 saturated heterocycles. The van der Waals surface area contributed by atoms with Gasteiger partial charge in [0, 0.05) is 15.9 Å². The number of hydrogen-bond donors (Lipinski definition) is 0. The maximum atomic E-state index is 11.5. The molecule has 1 atom stereocenters. The van der Waals surface area contributed by atoms with Gasteiger partial charge in [0.1, 0.15) is 15.7 Å². The Morgan fingerprint density at radius 2 is 2.16 bits per heavy atom. The minimum atomic E-state index is -3.04. The number of halogens is 2. The van der Waals surface area contributed by atoms with Crippen LogP contribution in [0.15, 0.2) is 18.2 Å². The molecule has 1 heterocycles. The Morgan fingerprint density at radius 1 is 1.47 bits per heavy atom. The molecule has 7 heteroatoms. The Bertz CT molecular complexity index is 712. The average Bonchev–Trinajstić information content (AvgIpc) is 2.63. The van der Waals surface area contributed by atoms with E-state index < -0.39 is 9.84 Å². The molecule has 0 aliphatic heterocycles. The first-order chi connectivity index (χ1) is 8.81. The number of hydrogen-bond acceptors (Lipinski definition) is 3. The van der Waals surface area contributed by atoms with Gasteiger partial charge in [-0.05, 0) is 47.7 Å². The van der Waals surface area contributed by atoms with Gasteiger partial charge in [-0.1, -0.05) is 0 Å². The summed E-state index contributed by atoms with van der Waals surface area (Å²) in [6.07, 6.45) is 1.24. The molecule has 2 rings (SSSR count). The highest BCUT2D eigenvalue weighted by Gasteiger charge is 2.18. The summed E-state index contributed by atoms with van der Waals surface area (Å²) in [6, 6.07) is 5.72. The molecule has 0 aliphatic carbocycles. The number of fused-ring (bicyclic) bond motifs is 1. The van der Waals surface area contributed by atoms with E-state index in [1.54, 1.807) is 0 Å². The summed E-state index contributed by atoms with van der Waals surface area (Å²) in [4.78, 5) is 4.47. The van der Waals surface area contributed by atoms with Crippen molar-refractivity contribution >= 4 is 55.1 Å². The third-order valence-corrected chi connectivity index (χ3v) is 4.83. The third-order valence-electron chi connectivity index (χ3n) is 2.83. The van der Waals surface area contributed by atoms with Crippen LogP contribution in [0.25, 0.3) is 11.0 Å². The highest BCUT2D eigenvalue weighted by atomic mass is 127. The molecule has 104 valence electrons. The number of alkyl halides is 1. The number of sulfone groups is 1. The van der Waals surface area contributed by atoms with E-state index in [1.165, 1.54) is 6.26 Å². The first-order valence-corrected chi connectivity index (χ1v) is 9.39. The first kappa shape index (κ1) is 15.1. The second-order valence-corrected chi connectivity index (χ2v) is 8.30. The quantitative estimate of drug-likeness (QED) is 0.573. The number of benzene rings is 1. The van der Waals surface area contributed by atoms with Crippen LogP contribution in [0.5, 0.6) is 0 Å². The van der Waals surface area contributed by atoms with E-state index in [4.69, 9.17) is 11.6 Å². The summed E-state index contributed by atoms with van der Waals surface area (Å²) in [7, 11) is -3.04. The van der Waals surface area contributed by atoms with E-state index in [9.17, 15) is 8.42 Å². The minimum absolute atomic E-state index is 0.0777. The van der Waals surface area contributed by atoms with Crippen LogP contribution in [-0.2, 0) is 15.7 Å². The van der Waals surface area contributed by atoms with Crippen molar-refractivity contribution in [3.05, 3.63) is 27.6 Å². The lowest BCUT2D eigenvalue weighted by Crippen LogP contribution is -2.18. The molecule has 19 heavy (non-hydrogen) atoms. The van der Waals surface area contributed by atoms with Crippen molar-refractivity contribution in [3.8, 4) is 0 Å². The van der Waals surface area contributed by atoms with Crippen molar-refractivity contribution < 1.29 is 8.42 Å². The van der Waals surface area contributed by atoms with Crippen LogP contribution in [0.1, 0.15) is 18.8 Å². The molecule has 0 fully saturated rings. The van der Waals surface area contributed by atoms with Gasteiger partial charge in [-0.3, -0.25) is 0 Å². The highest BCUT2D eigenvalue weighted by molar-refractivity contribution is 14.1. The maximum absolute atomic E-state index is 11.5. The van der Waals surface area contributed by atoms with Gasteiger partial charge in [-0.15, -0.1) is 11.6 Å². The summed E-state index contributed by atoms with van der Waals surface area (Å²) < 4.78 is 25.9. The van der Waals surface area contributed by atoms with E-state index in [-0.39, 0.29) is 17.7 Å². The van der Waals surface area contributed by atoms with Crippen LogP contribution < -0.4 is 0 Å². The van der Waals surface area contributed by atoms with E-state index >= 15 is 0 Å². The molecule has 4 nitrogen and oxygen atoms in total. The number of imidazole rings is 1. The van der Waals surface area contributed by atoms with Crippen molar-refractivity contribution in [2.24, 2.45) is 0 Å². The van der Waals surface area contributed by atoms with Gasteiger partial charge in [0.15, 0.2) is 0 Å². The molecule has 1 unspecified atom stereocenters. The zero-order chi connectivity index (χ0) is 14.2. The molecule has 0 saturated carbocycles. The van der Waals surface area contributed by atoms with E-state index in [0.29, 0.717) is 5.82 Å². The molecule has 0 amide bonds. The lowest BCUT2D eigenvalue weighted by atomic mass is 10.3. The molecule has 0 spiro atoms. The molecule has 1 aromatic heterocycles. The third kappa shape index (κ3) is 3.41. The zero-order valence-electron chi connectivity index (χ0n) is 10.6. The normalized spacial score (nSPS) is 13.9. The Morgan fingerprint density at radius 3 is 2.74 bits per heavy atom. The van der Waals surface area contributed by atoms with Crippen LogP contribution in [0.3, 0.4) is 0 Å². The monoisotopic (exact) mass is 412 g/mol. The topological polar surface area (TPSA) is 52.0 Å². The Balaban J connectivity index is 2.57. The van der Waals surface area contributed by atoms with Crippen molar-refractivity contribution in [2.75, 3.05) is 12.0 Å². The molecule has 2 aromatic rings. The van der Waals surface area contributed by atoms with Gasteiger partial charge in [0.25, 0.3) is 0 Å². The fraction of sp³-hybridized carbons (Fsp3) is 0.417. The molecular formula is C12H14ClIN2O2S. The molecule has 0 aliphatic rings. The summed E-state index contributed by atoms with van der Waals surface area (Å²) in [6.45, 7) is 1.87. The van der Waals surface area contributed by atoms with Gasteiger partial charge in [0.2, 0.25) is 0 Å². The second kappa shape index (κ2) is 5.57. The zero-order valence-corrected chi connectivity index (χ0v) is 14.3. The Hall–Kier alpha value is -0.340. The molecule has 1 aromatic carbocycles. The standard InChI is InChI=1S/C12H14ClIN2O2S/c1-8(7-19(2,17)18)16-11-4-3-9(14)5-10(11)15-12(16)6-13/h3-5,8H,6-7H2,1-2H3. The number of nitrogens with zero attached hydrogens (tertiary/aromatic N) is 2. The van der Waals surface area contributed by atoms with E-state index in [1.807, 2.05) is 29.7 Å². The summed E-state index contributed by atoms with van der Waals surface area (Å²) in [5.41, 5.74) is 1.77. The van der Waals surface area contributed by atoms with Gasteiger partial charge in [0.05, 0.1) is 22.7 Å². The van der Waals surface area contributed by atoms with Crippen LogP contribution in [0, 0.1) is 3.57 Å².